The second-order valence-corrected chi connectivity index (χ2v) is 6.61. The predicted molar refractivity (Wildman–Crippen MR) is 68.3 cm³/mol. The molecule has 18 heavy (non-hydrogen) atoms. The topological polar surface area (TPSA) is 81.2 Å². The molecule has 1 aliphatic rings. The molecule has 1 aromatic rings. The smallest absolute Gasteiger partial charge is 0.151 e. The highest BCUT2D eigenvalue weighted by atomic mass is 32.2. The number of nitrogens with one attached hydrogen (secondary N) is 1. The maximum absolute atomic E-state index is 11.5. The Balaban J connectivity index is 2.29. The summed E-state index contributed by atoms with van der Waals surface area (Å²) >= 11 is 0. The zero-order chi connectivity index (χ0) is 13.2. The van der Waals surface area contributed by atoms with Gasteiger partial charge in [0.2, 0.25) is 0 Å². The average Bonchev–Trinajstić information content (AvgIpc) is 2.70. The monoisotopic (exact) mass is 271 g/mol. The number of hydrogen-bond donors (Lipinski definition) is 1. The number of anilines is 1. The van der Waals surface area contributed by atoms with E-state index in [9.17, 15) is 8.42 Å². The summed E-state index contributed by atoms with van der Waals surface area (Å²) in [5.74, 6) is 1.56. The highest BCUT2D eigenvalue weighted by molar-refractivity contribution is 7.91. The van der Waals surface area contributed by atoms with E-state index in [-0.39, 0.29) is 17.4 Å². The first kappa shape index (κ1) is 13.2. The van der Waals surface area contributed by atoms with Crippen molar-refractivity contribution in [2.24, 2.45) is 0 Å². The number of nitrogens with zero attached hydrogens (tertiary/aromatic N) is 2. The molecular weight excluding hydrogens is 254 g/mol. The van der Waals surface area contributed by atoms with E-state index in [0.29, 0.717) is 24.7 Å². The lowest BCUT2D eigenvalue weighted by Crippen LogP contribution is -2.10. The minimum absolute atomic E-state index is 0.0982. The van der Waals surface area contributed by atoms with E-state index in [1.165, 1.54) is 0 Å². The van der Waals surface area contributed by atoms with Gasteiger partial charge in [-0.25, -0.2) is 18.4 Å². The quantitative estimate of drug-likeness (QED) is 0.862. The van der Waals surface area contributed by atoms with Crippen molar-refractivity contribution in [3.63, 3.8) is 0 Å². The minimum Gasteiger partial charge on any atom is -0.378 e. The van der Waals surface area contributed by atoms with Crippen LogP contribution < -0.4 is 5.32 Å². The molecule has 1 unspecified atom stereocenters. The second-order valence-electron chi connectivity index (χ2n) is 4.39. The Labute approximate surface area is 107 Å². The summed E-state index contributed by atoms with van der Waals surface area (Å²) in [6.45, 7) is 0.393. The fourth-order valence-electron chi connectivity index (χ4n) is 2.05. The highest BCUT2D eigenvalue weighted by Gasteiger charge is 2.31. The zero-order valence-corrected chi connectivity index (χ0v) is 11.3. The molecule has 6 nitrogen and oxygen atoms in total. The minimum atomic E-state index is -2.92. The molecule has 0 saturated carbocycles. The van der Waals surface area contributed by atoms with Gasteiger partial charge in [0.05, 0.1) is 23.8 Å². The van der Waals surface area contributed by atoms with E-state index in [0.717, 1.165) is 5.69 Å². The van der Waals surface area contributed by atoms with Gasteiger partial charge in [-0.15, -0.1) is 0 Å². The first-order chi connectivity index (χ1) is 8.54. The molecule has 100 valence electrons. The van der Waals surface area contributed by atoms with Crippen molar-refractivity contribution < 1.29 is 13.2 Å². The van der Waals surface area contributed by atoms with Crippen molar-refractivity contribution in [1.29, 1.82) is 0 Å². The van der Waals surface area contributed by atoms with E-state index in [1.54, 1.807) is 20.2 Å². The van der Waals surface area contributed by atoms with E-state index in [1.807, 2.05) is 0 Å². The molecule has 0 radical (unpaired) electrons. The van der Waals surface area contributed by atoms with Crippen LogP contribution in [0.5, 0.6) is 0 Å². The third-order valence-corrected chi connectivity index (χ3v) is 4.71. The Morgan fingerprint density at radius 3 is 2.83 bits per heavy atom. The maximum atomic E-state index is 11.5. The van der Waals surface area contributed by atoms with Crippen LogP contribution in [0.1, 0.15) is 23.9 Å². The molecule has 0 bridgehead atoms. The summed E-state index contributed by atoms with van der Waals surface area (Å²) in [6, 6.07) is 1.80. The Morgan fingerprint density at radius 1 is 1.50 bits per heavy atom. The Kier molecular flexibility index (Phi) is 3.82. The fourth-order valence-corrected chi connectivity index (χ4v) is 3.79. The van der Waals surface area contributed by atoms with E-state index in [4.69, 9.17) is 4.74 Å². The summed E-state index contributed by atoms with van der Waals surface area (Å²) in [5.41, 5.74) is 0.760. The largest absolute Gasteiger partial charge is 0.378 e. The van der Waals surface area contributed by atoms with Crippen molar-refractivity contribution >= 4 is 15.7 Å². The number of sulfone groups is 1. The normalized spacial score (nSPS) is 22.0. The van der Waals surface area contributed by atoms with Gasteiger partial charge in [0.25, 0.3) is 0 Å². The summed E-state index contributed by atoms with van der Waals surface area (Å²) in [5, 5.41) is 2.95. The standard InChI is InChI=1S/C11H17N3O3S/c1-12-10-5-9(6-17-2)13-11(14-10)8-3-4-18(15,16)7-8/h5,8H,3-4,6-7H2,1-2H3,(H,12,13,14). The second kappa shape index (κ2) is 5.19. The van der Waals surface area contributed by atoms with Crippen molar-refractivity contribution in [1.82, 2.24) is 9.97 Å². The van der Waals surface area contributed by atoms with Crippen LogP contribution in [0, 0.1) is 0 Å². The number of rotatable bonds is 4. The van der Waals surface area contributed by atoms with Gasteiger partial charge in [-0.05, 0) is 6.42 Å². The van der Waals surface area contributed by atoms with Gasteiger partial charge < -0.3 is 10.1 Å². The average molecular weight is 271 g/mol. The fraction of sp³-hybridized carbons (Fsp3) is 0.636. The molecule has 0 aliphatic carbocycles. The third-order valence-electron chi connectivity index (χ3n) is 2.94. The van der Waals surface area contributed by atoms with Gasteiger partial charge in [-0.3, -0.25) is 0 Å². The molecule has 1 fully saturated rings. The number of aromatic nitrogens is 2. The van der Waals surface area contributed by atoms with Gasteiger partial charge in [0.15, 0.2) is 9.84 Å². The van der Waals surface area contributed by atoms with Crippen LogP contribution in [-0.2, 0) is 21.2 Å². The molecule has 0 aromatic carbocycles. The number of methoxy groups -OCH3 is 1. The van der Waals surface area contributed by atoms with E-state index in [2.05, 4.69) is 15.3 Å². The lowest BCUT2D eigenvalue weighted by Gasteiger charge is -2.10. The maximum Gasteiger partial charge on any atom is 0.151 e. The molecule has 1 atom stereocenters. The first-order valence-corrected chi connectivity index (χ1v) is 7.61. The lowest BCUT2D eigenvalue weighted by atomic mass is 10.1. The predicted octanol–water partition coefficient (Wildman–Crippen LogP) is 0.567. The van der Waals surface area contributed by atoms with Crippen molar-refractivity contribution in [2.75, 3.05) is 31.0 Å². The van der Waals surface area contributed by atoms with Gasteiger partial charge in [0.1, 0.15) is 11.6 Å². The van der Waals surface area contributed by atoms with Crippen LogP contribution in [0.2, 0.25) is 0 Å². The van der Waals surface area contributed by atoms with Crippen LogP contribution in [0.25, 0.3) is 0 Å². The van der Waals surface area contributed by atoms with Gasteiger partial charge in [-0.2, -0.15) is 0 Å². The zero-order valence-electron chi connectivity index (χ0n) is 10.5. The van der Waals surface area contributed by atoms with Gasteiger partial charge in [0, 0.05) is 26.1 Å². The Bertz CT molecular complexity index is 530. The molecule has 7 heteroatoms. The van der Waals surface area contributed by atoms with Gasteiger partial charge in [-0.1, -0.05) is 0 Å². The summed E-state index contributed by atoms with van der Waals surface area (Å²) in [7, 11) is 0.450. The molecule has 2 heterocycles. The SMILES string of the molecule is CNc1cc(COC)nc(C2CCS(=O)(=O)C2)n1. The molecular formula is C11H17N3O3S. The van der Waals surface area contributed by atoms with Crippen LogP contribution in [0.15, 0.2) is 6.07 Å². The molecule has 0 spiro atoms. The Hall–Kier alpha value is -1.21. The van der Waals surface area contributed by atoms with E-state index < -0.39 is 9.84 Å². The molecule has 2 rings (SSSR count). The molecule has 0 amide bonds. The van der Waals surface area contributed by atoms with Crippen molar-refractivity contribution in [3.05, 3.63) is 17.6 Å². The molecule has 1 aromatic heterocycles. The third kappa shape index (κ3) is 2.97. The molecule has 1 aliphatic heterocycles. The lowest BCUT2D eigenvalue weighted by molar-refractivity contribution is 0.181. The summed E-state index contributed by atoms with van der Waals surface area (Å²) in [4.78, 5) is 8.72. The van der Waals surface area contributed by atoms with Crippen molar-refractivity contribution in [3.8, 4) is 0 Å². The van der Waals surface area contributed by atoms with Crippen LogP contribution in [-0.4, -0.2) is 44.0 Å². The molecule has 1 N–H and O–H groups in total. The molecule has 1 saturated heterocycles. The summed E-state index contributed by atoms with van der Waals surface area (Å²) in [6.07, 6.45) is 0.599. The van der Waals surface area contributed by atoms with Crippen LogP contribution >= 0.6 is 0 Å². The number of ether oxygens (including phenoxy) is 1. The summed E-state index contributed by atoms with van der Waals surface area (Å²) < 4.78 is 28.0. The first-order valence-electron chi connectivity index (χ1n) is 5.79. The van der Waals surface area contributed by atoms with E-state index >= 15 is 0 Å². The van der Waals surface area contributed by atoms with Gasteiger partial charge >= 0.3 is 0 Å². The number of hydrogen-bond acceptors (Lipinski definition) is 6. The van der Waals surface area contributed by atoms with Crippen LogP contribution in [0.3, 0.4) is 0 Å². The van der Waals surface area contributed by atoms with Crippen molar-refractivity contribution in [2.45, 2.75) is 18.9 Å². The highest BCUT2D eigenvalue weighted by Crippen LogP contribution is 2.27. The van der Waals surface area contributed by atoms with Crippen LogP contribution in [0.4, 0.5) is 5.82 Å². The Morgan fingerprint density at radius 2 is 2.28 bits per heavy atom.